The molecule has 122 valence electrons. The van der Waals surface area contributed by atoms with E-state index < -0.39 is 5.60 Å². The number of aromatic nitrogens is 3. The summed E-state index contributed by atoms with van der Waals surface area (Å²) < 4.78 is 6.66. The number of carbonyl (C=O) groups is 1. The van der Waals surface area contributed by atoms with Crippen LogP contribution in [0, 0.1) is 0 Å². The smallest absolute Gasteiger partial charge is 0.271 e. The Labute approximate surface area is 134 Å². The standard InChI is InChI=1S/C16H20N4O3/c1-20-14(9-18-19-20)15(21)17-10-16(22)7-3-4-11-5-6-12(23-2)8-13(11)16/h5-6,8-9,22H,3-4,7,10H2,1-2H3,(H,17,21). The molecule has 0 spiro atoms. The molecule has 2 N–H and O–H groups in total. The normalized spacial score (nSPS) is 20.0. The molecule has 2 aromatic rings. The van der Waals surface area contributed by atoms with Crippen molar-refractivity contribution in [3.63, 3.8) is 0 Å². The van der Waals surface area contributed by atoms with Crippen LogP contribution in [0.5, 0.6) is 5.75 Å². The van der Waals surface area contributed by atoms with Crippen LogP contribution in [0.2, 0.25) is 0 Å². The van der Waals surface area contributed by atoms with E-state index in [1.807, 2.05) is 18.2 Å². The predicted molar refractivity (Wildman–Crippen MR) is 83.2 cm³/mol. The van der Waals surface area contributed by atoms with Crippen molar-refractivity contribution in [1.82, 2.24) is 20.3 Å². The van der Waals surface area contributed by atoms with E-state index in [4.69, 9.17) is 4.74 Å². The molecule has 1 atom stereocenters. The van der Waals surface area contributed by atoms with Crippen molar-refractivity contribution >= 4 is 5.91 Å². The van der Waals surface area contributed by atoms with E-state index in [2.05, 4.69) is 15.6 Å². The quantitative estimate of drug-likeness (QED) is 0.870. The average molecular weight is 316 g/mol. The number of nitrogens with zero attached hydrogens (tertiary/aromatic N) is 3. The number of aryl methyl sites for hydroxylation is 2. The number of carbonyl (C=O) groups excluding carboxylic acids is 1. The van der Waals surface area contributed by atoms with E-state index in [0.717, 1.165) is 24.0 Å². The molecule has 1 amide bonds. The third-order valence-corrected chi connectivity index (χ3v) is 4.34. The van der Waals surface area contributed by atoms with Gasteiger partial charge >= 0.3 is 0 Å². The van der Waals surface area contributed by atoms with Gasteiger partial charge in [-0.15, -0.1) is 5.10 Å². The average Bonchev–Trinajstić information content (AvgIpc) is 2.99. The second kappa shape index (κ2) is 6.00. The van der Waals surface area contributed by atoms with Gasteiger partial charge in [0.25, 0.3) is 5.91 Å². The van der Waals surface area contributed by atoms with Crippen LogP contribution in [0.1, 0.15) is 34.5 Å². The van der Waals surface area contributed by atoms with Gasteiger partial charge in [0.05, 0.1) is 19.9 Å². The van der Waals surface area contributed by atoms with Gasteiger partial charge in [-0.25, -0.2) is 4.68 Å². The molecule has 7 nitrogen and oxygen atoms in total. The van der Waals surface area contributed by atoms with Crippen molar-refractivity contribution in [2.45, 2.75) is 24.9 Å². The Morgan fingerprint density at radius 2 is 2.35 bits per heavy atom. The van der Waals surface area contributed by atoms with Crippen LogP contribution in [0.15, 0.2) is 24.4 Å². The molecule has 7 heteroatoms. The maximum absolute atomic E-state index is 12.2. The summed E-state index contributed by atoms with van der Waals surface area (Å²) in [6.07, 6.45) is 3.79. The fourth-order valence-electron chi connectivity index (χ4n) is 3.04. The highest BCUT2D eigenvalue weighted by molar-refractivity contribution is 5.92. The van der Waals surface area contributed by atoms with E-state index in [-0.39, 0.29) is 12.5 Å². The lowest BCUT2D eigenvalue weighted by molar-refractivity contribution is 0.0186. The number of benzene rings is 1. The maximum atomic E-state index is 12.2. The van der Waals surface area contributed by atoms with Crippen LogP contribution in [0.25, 0.3) is 0 Å². The van der Waals surface area contributed by atoms with Gasteiger partial charge < -0.3 is 15.2 Å². The molecule has 1 aromatic carbocycles. The predicted octanol–water partition coefficient (Wildman–Crippen LogP) is 0.778. The molecule has 1 aliphatic rings. The van der Waals surface area contributed by atoms with Gasteiger partial charge in [0.2, 0.25) is 0 Å². The van der Waals surface area contributed by atoms with Crippen molar-refractivity contribution in [3.8, 4) is 5.75 Å². The highest BCUT2D eigenvalue weighted by atomic mass is 16.5. The molecular weight excluding hydrogens is 296 g/mol. The van der Waals surface area contributed by atoms with Crippen molar-refractivity contribution in [2.75, 3.05) is 13.7 Å². The van der Waals surface area contributed by atoms with Gasteiger partial charge in [-0.2, -0.15) is 0 Å². The zero-order valence-electron chi connectivity index (χ0n) is 13.2. The Morgan fingerprint density at radius 3 is 3.04 bits per heavy atom. The minimum Gasteiger partial charge on any atom is -0.497 e. The Kier molecular flexibility index (Phi) is 4.04. The summed E-state index contributed by atoms with van der Waals surface area (Å²) >= 11 is 0. The Bertz CT molecular complexity index is 728. The number of nitrogens with one attached hydrogen (secondary N) is 1. The number of amides is 1. The highest BCUT2D eigenvalue weighted by Crippen LogP contribution is 2.36. The van der Waals surface area contributed by atoms with Gasteiger partial charge in [-0.05, 0) is 42.5 Å². The van der Waals surface area contributed by atoms with Crippen LogP contribution in [0.4, 0.5) is 0 Å². The van der Waals surface area contributed by atoms with Crippen LogP contribution in [-0.2, 0) is 19.1 Å². The van der Waals surface area contributed by atoms with E-state index in [1.54, 1.807) is 14.2 Å². The minimum atomic E-state index is -1.09. The zero-order valence-corrected chi connectivity index (χ0v) is 13.2. The molecule has 0 bridgehead atoms. The first-order valence-corrected chi connectivity index (χ1v) is 7.56. The second-order valence-electron chi connectivity index (χ2n) is 5.83. The summed E-state index contributed by atoms with van der Waals surface area (Å²) in [4.78, 5) is 12.2. The van der Waals surface area contributed by atoms with Gasteiger partial charge in [-0.1, -0.05) is 11.3 Å². The summed E-state index contributed by atoms with van der Waals surface area (Å²) in [6, 6.07) is 5.72. The lowest BCUT2D eigenvalue weighted by atomic mass is 9.79. The number of ether oxygens (including phenoxy) is 1. The fourth-order valence-corrected chi connectivity index (χ4v) is 3.04. The number of methoxy groups -OCH3 is 1. The summed E-state index contributed by atoms with van der Waals surface area (Å²) in [7, 11) is 3.25. The number of fused-ring (bicyclic) bond motifs is 1. The number of hydrogen-bond acceptors (Lipinski definition) is 5. The van der Waals surface area contributed by atoms with E-state index in [1.165, 1.54) is 10.9 Å². The zero-order chi connectivity index (χ0) is 16.4. The van der Waals surface area contributed by atoms with Gasteiger partial charge in [0.1, 0.15) is 17.0 Å². The van der Waals surface area contributed by atoms with Crippen LogP contribution in [-0.4, -0.2) is 39.7 Å². The fraction of sp³-hybridized carbons (Fsp3) is 0.438. The first kappa shape index (κ1) is 15.5. The van der Waals surface area contributed by atoms with Gasteiger partial charge in [0.15, 0.2) is 0 Å². The molecule has 0 radical (unpaired) electrons. The van der Waals surface area contributed by atoms with E-state index in [9.17, 15) is 9.90 Å². The first-order valence-electron chi connectivity index (χ1n) is 7.56. The van der Waals surface area contributed by atoms with E-state index >= 15 is 0 Å². The van der Waals surface area contributed by atoms with Crippen LogP contribution < -0.4 is 10.1 Å². The lowest BCUT2D eigenvalue weighted by Gasteiger charge is -2.35. The van der Waals surface area contributed by atoms with Crippen LogP contribution in [0.3, 0.4) is 0 Å². The number of hydrogen-bond donors (Lipinski definition) is 2. The molecule has 1 unspecified atom stereocenters. The summed E-state index contributed by atoms with van der Waals surface area (Å²) in [5, 5.41) is 21.3. The molecule has 0 saturated carbocycles. The van der Waals surface area contributed by atoms with E-state index in [0.29, 0.717) is 17.9 Å². The summed E-state index contributed by atoms with van der Waals surface area (Å²) in [6.45, 7) is 0.136. The van der Waals surface area contributed by atoms with Crippen molar-refractivity contribution in [3.05, 3.63) is 41.2 Å². The molecule has 1 heterocycles. The molecule has 23 heavy (non-hydrogen) atoms. The minimum absolute atomic E-state index is 0.136. The lowest BCUT2D eigenvalue weighted by Crippen LogP contribution is -2.43. The topological polar surface area (TPSA) is 89.3 Å². The molecule has 3 rings (SSSR count). The SMILES string of the molecule is COc1ccc2c(c1)C(O)(CNC(=O)c1cnnn1C)CCC2. The van der Waals surface area contributed by atoms with Crippen molar-refractivity contribution < 1.29 is 14.6 Å². The third kappa shape index (κ3) is 2.92. The third-order valence-electron chi connectivity index (χ3n) is 4.34. The number of rotatable bonds is 4. The summed E-state index contributed by atoms with van der Waals surface area (Å²) in [5.41, 5.74) is 1.18. The maximum Gasteiger partial charge on any atom is 0.271 e. The second-order valence-corrected chi connectivity index (χ2v) is 5.83. The molecule has 0 saturated heterocycles. The van der Waals surface area contributed by atoms with Gasteiger partial charge in [0, 0.05) is 7.05 Å². The molecular formula is C16H20N4O3. The Morgan fingerprint density at radius 1 is 1.52 bits per heavy atom. The number of aliphatic hydroxyl groups is 1. The largest absolute Gasteiger partial charge is 0.497 e. The monoisotopic (exact) mass is 316 g/mol. The van der Waals surface area contributed by atoms with Crippen molar-refractivity contribution in [2.24, 2.45) is 7.05 Å². The highest BCUT2D eigenvalue weighted by Gasteiger charge is 2.35. The molecule has 1 aliphatic carbocycles. The molecule has 0 fully saturated rings. The molecule has 1 aromatic heterocycles. The first-order chi connectivity index (χ1) is 11.0. The Hall–Kier alpha value is -2.41. The van der Waals surface area contributed by atoms with Crippen LogP contribution >= 0.6 is 0 Å². The van der Waals surface area contributed by atoms with Crippen molar-refractivity contribution in [1.29, 1.82) is 0 Å². The molecule has 0 aliphatic heterocycles. The Balaban J connectivity index is 1.80. The summed E-state index contributed by atoms with van der Waals surface area (Å²) in [5.74, 6) is 0.396. The van der Waals surface area contributed by atoms with Gasteiger partial charge in [-0.3, -0.25) is 4.79 Å².